The first-order valence-corrected chi connectivity index (χ1v) is 13.0. The van der Waals surface area contributed by atoms with E-state index in [1.807, 2.05) is 10.9 Å². The van der Waals surface area contributed by atoms with Crippen molar-refractivity contribution in [2.45, 2.75) is 65.1 Å². The summed E-state index contributed by atoms with van der Waals surface area (Å²) in [6, 6.07) is 8.39. The number of aromatic nitrogens is 2. The average Bonchev–Trinajstić information content (AvgIpc) is 3.32. The van der Waals surface area contributed by atoms with Gasteiger partial charge in [-0.1, -0.05) is 31.6 Å². The lowest BCUT2D eigenvalue weighted by atomic mass is 9.46. The van der Waals surface area contributed by atoms with Crippen molar-refractivity contribution in [2.75, 3.05) is 6.61 Å². The van der Waals surface area contributed by atoms with Crippen LogP contribution in [0.25, 0.3) is 11.8 Å². The van der Waals surface area contributed by atoms with Crippen LogP contribution < -0.4 is 0 Å². The summed E-state index contributed by atoms with van der Waals surface area (Å²) >= 11 is 0. The number of ketones is 1. The molecule has 186 valence electrons. The largest absolute Gasteiger partial charge is 0.393 e. The van der Waals surface area contributed by atoms with E-state index in [4.69, 9.17) is 5.10 Å². The molecule has 0 bridgehead atoms. The number of rotatable bonds is 3. The van der Waals surface area contributed by atoms with Gasteiger partial charge in [0.25, 0.3) is 0 Å². The number of aliphatic hydroxyl groups is 3. The Morgan fingerprint density at radius 2 is 2.03 bits per heavy atom. The molecule has 8 atom stereocenters. The first kappa shape index (κ1) is 23.1. The highest BCUT2D eigenvalue weighted by molar-refractivity contribution is 5.84. The average molecular weight is 477 g/mol. The van der Waals surface area contributed by atoms with Crippen LogP contribution >= 0.6 is 0 Å². The molecular weight excluding hydrogens is 440 g/mol. The predicted octanol–water partition coefficient (Wildman–Crippen LogP) is 3.48. The van der Waals surface area contributed by atoms with Gasteiger partial charge in [0.05, 0.1) is 35.7 Å². The highest BCUT2D eigenvalue weighted by Crippen LogP contribution is 2.66. The van der Waals surface area contributed by atoms with Crippen molar-refractivity contribution in [2.24, 2.45) is 34.5 Å². The number of carbonyl (C=O) groups excluding carboxylic acids is 1. The lowest BCUT2D eigenvalue weighted by Crippen LogP contribution is -2.57. The Kier molecular flexibility index (Phi) is 5.20. The van der Waals surface area contributed by atoms with Gasteiger partial charge in [-0.3, -0.25) is 4.79 Å². The number of aryl methyl sites for hydroxylation is 1. The Morgan fingerprint density at radius 3 is 2.77 bits per heavy atom. The molecule has 0 aliphatic heterocycles. The van der Waals surface area contributed by atoms with E-state index in [-0.39, 0.29) is 29.0 Å². The molecule has 4 aliphatic carbocycles. The van der Waals surface area contributed by atoms with E-state index >= 15 is 0 Å². The third kappa shape index (κ3) is 3.19. The van der Waals surface area contributed by atoms with Gasteiger partial charge < -0.3 is 15.3 Å². The SMILES string of the molecule is Cc1cccc(-n2ncc3c2C=C2CC[C@@H]4[C@H]([C@@H](O)C[C@@]5(C)[C@H]4C[C@@H](O)[C@@H]5C(=O)CO)[C@@]2(C)C3)c1. The summed E-state index contributed by atoms with van der Waals surface area (Å²) < 4.78 is 2.04. The van der Waals surface area contributed by atoms with Crippen molar-refractivity contribution in [1.82, 2.24) is 9.78 Å². The fourth-order valence-electron chi connectivity index (χ4n) is 8.85. The van der Waals surface area contributed by atoms with Gasteiger partial charge in [-0.05, 0) is 96.9 Å². The van der Waals surface area contributed by atoms with Crippen LogP contribution in [0.2, 0.25) is 0 Å². The maximum atomic E-state index is 12.6. The normalized spacial score (nSPS) is 39.8. The zero-order chi connectivity index (χ0) is 24.7. The summed E-state index contributed by atoms with van der Waals surface area (Å²) in [5, 5.41) is 36.8. The number of Topliss-reactive ketones (excluding diaryl/α,β-unsaturated/α-hetero) is 1. The van der Waals surface area contributed by atoms with E-state index < -0.39 is 30.1 Å². The van der Waals surface area contributed by atoms with Gasteiger partial charge in [0.1, 0.15) is 6.61 Å². The second kappa shape index (κ2) is 7.86. The van der Waals surface area contributed by atoms with Crippen molar-refractivity contribution < 1.29 is 20.1 Å². The number of benzene rings is 1. The molecule has 3 saturated carbocycles. The van der Waals surface area contributed by atoms with Gasteiger partial charge in [0.2, 0.25) is 0 Å². The van der Waals surface area contributed by atoms with E-state index in [0.29, 0.717) is 12.8 Å². The number of carbonyl (C=O) groups is 1. The van der Waals surface area contributed by atoms with Crippen molar-refractivity contribution >= 4 is 11.9 Å². The Morgan fingerprint density at radius 1 is 1.23 bits per heavy atom. The molecule has 0 spiro atoms. The summed E-state index contributed by atoms with van der Waals surface area (Å²) in [7, 11) is 0. The van der Waals surface area contributed by atoms with Gasteiger partial charge in [-0.25, -0.2) is 4.68 Å². The number of hydrogen-bond acceptors (Lipinski definition) is 5. The van der Waals surface area contributed by atoms with Crippen LogP contribution in [0.15, 0.2) is 36.0 Å². The number of hydrogen-bond donors (Lipinski definition) is 3. The van der Waals surface area contributed by atoms with Crippen LogP contribution in [0, 0.1) is 41.4 Å². The first-order chi connectivity index (χ1) is 16.7. The summed E-state index contributed by atoms with van der Waals surface area (Å²) in [5.74, 6) is -0.400. The van der Waals surface area contributed by atoms with Crippen molar-refractivity contribution in [3.05, 3.63) is 52.9 Å². The quantitative estimate of drug-likeness (QED) is 0.630. The molecule has 0 saturated heterocycles. The van der Waals surface area contributed by atoms with Crippen LogP contribution in [-0.2, 0) is 11.2 Å². The molecule has 3 N–H and O–H groups in total. The molecule has 6 nitrogen and oxygen atoms in total. The maximum absolute atomic E-state index is 12.6. The molecule has 1 aromatic heterocycles. The molecule has 0 amide bonds. The van der Waals surface area contributed by atoms with Gasteiger partial charge >= 0.3 is 0 Å². The second-order valence-corrected chi connectivity index (χ2v) is 12.1. The summed E-state index contributed by atoms with van der Waals surface area (Å²) in [5.41, 5.74) is 5.33. The Bertz CT molecular complexity index is 1220. The molecule has 0 unspecified atom stereocenters. The molecule has 1 heterocycles. The second-order valence-electron chi connectivity index (χ2n) is 12.1. The fraction of sp³-hybridized carbons (Fsp3) is 0.586. The lowest BCUT2D eigenvalue weighted by Gasteiger charge is -2.59. The van der Waals surface area contributed by atoms with E-state index in [2.05, 4.69) is 51.1 Å². The molecule has 4 aliphatic rings. The Labute approximate surface area is 206 Å². The zero-order valence-electron chi connectivity index (χ0n) is 20.8. The fourth-order valence-corrected chi connectivity index (χ4v) is 8.85. The summed E-state index contributed by atoms with van der Waals surface area (Å²) in [6.45, 7) is 5.90. The third-order valence-corrected chi connectivity index (χ3v) is 10.2. The predicted molar refractivity (Wildman–Crippen MR) is 133 cm³/mol. The van der Waals surface area contributed by atoms with Crippen LogP contribution in [0.5, 0.6) is 0 Å². The minimum atomic E-state index is -0.745. The molecule has 6 heteroatoms. The Balaban J connectivity index is 1.37. The van der Waals surface area contributed by atoms with Gasteiger partial charge in [0, 0.05) is 0 Å². The van der Waals surface area contributed by atoms with Gasteiger partial charge in [-0.15, -0.1) is 0 Å². The summed E-state index contributed by atoms with van der Waals surface area (Å²) in [6.07, 6.45) is 6.79. The number of allylic oxidation sites excluding steroid dienone is 1. The van der Waals surface area contributed by atoms with E-state index in [1.165, 1.54) is 16.7 Å². The van der Waals surface area contributed by atoms with Crippen molar-refractivity contribution in [3.8, 4) is 5.69 Å². The monoisotopic (exact) mass is 476 g/mol. The topological polar surface area (TPSA) is 95.6 Å². The van der Waals surface area contributed by atoms with Crippen molar-refractivity contribution in [3.63, 3.8) is 0 Å². The van der Waals surface area contributed by atoms with E-state index in [9.17, 15) is 20.1 Å². The van der Waals surface area contributed by atoms with Gasteiger partial charge in [0.15, 0.2) is 5.78 Å². The lowest BCUT2D eigenvalue weighted by molar-refractivity contribution is -0.146. The van der Waals surface area contributed by atoms with Crippen LogP contribution in [0.1, 0.15) is 56.4 Å². The smallest absolute Gasteiger partial charge is 0.164 e. The van der Waals surface area contributed by atoms with Gasteiger partial charge in [-0.2, -0.15) is 5.10 Å². The standard InChI is InChI=1S/C29H36N2O4/c1-16-5-4-6-19(9-16)31-22-10-18-7-8-20-21-11-23(33)27(25(35)15-32)29(21,3)13-24(34)26(20)28(18,2)12-17(22)14-30-31/h4-6,9-10,14,20-21,23-24,26-27,32-34H,7-8,11-13,15H2,1-3H3/t20-,21-,23+,24-,26+,27+,28-,29-/m0/s1. The number of fused-ring (bicyclic) bond motifs is 6. The van der Waals surface area contributed by atoms with Crippen molar-refractivity contribution in [1.29, 1.82) is 0 Å². The Hall–Kier alpha value is -2.28. The van der Waals surface area contributed by atoms with Crippen LogP contribution in [-0.4, -0.2) is 49.7 Å². The summed E-state index contributed by atoms with van der Waals surface area (Å²) in [4.78, 5) is 12.6. The molecule has 1 aromatic carbocycles. The number of nitrogens with zero attached hydrogens (tertiary/aromatic N) is 2. The highest BCUT2D eigenvalue weighted by atomic mass is 16.3. The molecule has 35 heavy (non-hydrogen) atoms. The molecular formula is C29H36N2O4. The number of aliphatic hydroxyl groups excluding tert-OH is 3. The molecule has 3 fully saturated rings. The van der Waals surface area contributed by atoms with Crippen LogP contribution in [0.3, 0.4) is 0 Å². The highest BCUT2D eigenvalue weighted by Gasteiger charge is 2.65. The van der Waals surface area contributed by atoms with E-state index in [1.54, 1.807) is 0 Å². The molecule has 6 rings (SSSR count). The van der Waals surface area contributed by atoms with E-state index in [0.717, 1.165) is 30.6 Å². The minimum absolute atomic E-state index is 0.0752. The zero-order valence-corrected chi connectivity index (χ0v) is 20.8. The third-order valence-electron chi connectivity index (χ3n) is 10.2. The molecule has 0 radical (unpaired) electrons. The molecule has 2 aromatic rings. The first-order valence-electron chi connectivity index (χ1n) is 13.0. The van der Waals surface area contributed by atoms with Crippen LogP contribution in [0.4, 0.5) is 0 Å². The minimum Gasteiger partial charge on any atom is -0.393 e. The maximum Gasteiger partial charge on any atom is 0.164 e.